The van der Waals surface area contributed by atoms with Gasteiger partial charge in [-0.15, -0.1) is 0 Å². The number of hydrogen-bond acceptors (Lipinski definition) is 2. The lowest BCUT2D eigenvalue weighted by Crippen LogP contribution is -2.30. The van der Waals surface area contributed by atoms with Crippen molar-refractivity contribution in [2.45, 2.75) is 108 Å². The molecule has 0 radical (unpaired) electrons. The van der Waals surface area contributed by atoms with Crippen LogP contribution in [-0.4, -0.2) is 30.7 Å². The highest BCUT2D eigenvalue weighted by atomic mass is 79.9. The molecule has 0 amide bonds. The van der Waals surface area contributed by atoms with Crippen molar-refractivity contribution in [2.24, 2.45) is 0 Å². The predicted molar refractivity (Wildman–Crippen MR) is 111 cm³/mol. The molecule has 6 atom stereocenters. The van der Waals surface area contributed by atoms with Crippen molar-refractivity contribution in [3.8, 4) is 0 Å². The first kappa shape index (κ1) is 18.5. The lowest BCUT2D eigenvalue weighted by atomic mass is 9.99. The standard InChI is InChI=1S/C18H30Br2S2/c19-15-8-1-3-10-17(15)21-13-6-5-7-14(12-13)22-18-11-4-2-9-16(18)20/h13-18H,1-12H2. The largest absolute Gasteiger partial charge is 0.154 e. The van der Waals surface area contributed by atoms with Gasteiger partial charge < -0.3 is 0 Å². The second-order valence-electron chi connectivity index (χ2n) is 7.36. The number of halogens is 2. The normalized spacial score (nSPS) is 43.9. The van der Waals surface area contributed by atoms with Crippen LogP contribution in [0.15, 0.2) is 0 Å². The van der Waals surface area contributed by atoms with E-state index in [1.807, 2.05) is 0 Å². The van der Waals surface area contributed by atoms with Crippen molar-refractivity contribution in [3.05, 3.63) is 0 Å². The first-order chi connectivity index (χ1) is 10.7. The Bertz CT molecular complexity index is 309. The Morgan fingerprint density at radius 3 is 1.45 bits per heavy atom. The minimum absolute atomic E-state index is 0.782. The maximum absolute atomic E-state index is 3.95. The number of thioether (sulfide) groups is 2. The molecule has 3 aliphatic carbocycles. The van der Waals surface area contributed by atoms with E-state index >= 15 is 0 Å². The highest BCUT2D eigenvalue weighted by Gasteiger charge is 2.32. The van der Waals surface area contributed by atoms with Crippen LogP contribution in [0.1, 0.15) is 77.0 Å². The molecule has 6 unspecified atom stereocenters. The summed E-state index contributed by atoms with van der Waals surface area (Å²) >= 11 is 12.6. The summed E-state index contributed by atoms with van der Waals surface area (Å²) < 4.78 is 0. The summed E-state index contributed by atoms with van der Waals surface area (Å²) in [5, 5.41) is 3.65. The molecule has 0 nitrogen and oxygen atoms in total. The van der Waals surface area contributed by atoms with Gasteiger partial charge in [0.2, 0.25) is 0 Å². The van der Waals surface area contributed by atoms with E-state index in [1.165, 1.54) is 77.0 Å². The predicted octanol–water partition coefficient (Wildman–Crippen LogP) is 7.18. The van der Waals surface area contributed by atoms with Gasteiger partial charge in [0.05, 0.1) is 0 Å². The highest BCUT2D eigenvalue weighted by Crippen LogP contribution is 2.44. The summed E-state index contributed by atoms with van der Waals surface area (Å²) in [5.41, 5.74) is 0. The Hall–Kier alpha value is 1.66. The maximum atomic E-state index is 3.95. The molecule has 0 spiro atoms. The molecule has 0 heterocycles. The number of alkyl halides is 2. The van der Waals surface area contributed by atoms with Crippen LogP contribution in [0.4, 0.5) is 0 Å². The van der Waals surface area contributed by atoms with Crippen molar-refractivity contribution in [1.29, 1.82) is 0 Å². The molecule has 0 aromatic carbocycles. The molecule has 3 saturated carbocycles. The molecule has 3 fully saturated rings. The number of hydrogen-bond donors (Lipinski definition) is 0. The van der Waals surface area contributed by atoms with Gasteiger partial charge in [-0.3, -0.25) is 0 Å². The summed E-state index contributed by atoms with van der Waals surface area (Å²) in [7, 11) is 0. The summed E-state index contributed by atoms with van der Waals surface area (Å²) in [6, 6.07) is 0. The second kappa shape index (κ2) is 9.38. The Morgan fingerprint density at radius 2 is 1.00 bits per heavy atom. The Labute approximate surface area is 162 Å². The molecule has 0 aliphatic heterocycles. The average Bonchev–Trinajstić information content (AvgIpc) is 2.52. The average molecular weight is 470 g/mol. The van der Waals surface area contributed by atoms with Gasteiger partial charge in [0.15, 0.2) is 0 Å². The Morgan fingerprint density at radius 1 is 0.545 bits per heavy atom. The van der Waals surface area contributed by atoms with Gasteiger partial charge in [0.25, 0.3) is 0 Å². The van der Waals surface area contributed by atoms with Gasteiger partial charge in [-0.05, 0) is 44.9 Å². The third-order valence-corrected chi connectivity index (χ3v) is 11.9. The van der Waals surface area contributed by atoms with Crippen molar-refractivity contribution in [3.63, 3.8) is 0 Å². The van der Waals surface area contributed by atoms with Gasteiger partial charge in [-0.25, -0.2) is 0 Å². The van der Waals surface area contributed by atoms with Crippen LogP contribution in [0.2, 0.25) is 0 Å². The lowest BCUT2D eigenvalue weighted by Gasteiger charge is -2.37. The molecule has 0 aromatic heterocycles. The van der Waals surface area contributed by atoms with Crippen LogP contribution >= 0.6 is 55.4 Å². The topological polar surface area (TPSA) is 0 Å². The molecule has 0 saturated heterocycles. The van der Waals surface area contributed by atoms with Gasteiger partial charge in [0.1, 0.15) is 0 Å². The van der Waals surface area contributed by atoms with Crippen LogP contribution < -0.4 is 0 Å². The molecule has 4 heteroatoms. The lowest BCUT2D eigenvalue weighted by molar-refractivity contribution is 0.501. The zero-order chi connectivity index (χ0) is 15.4. The maximum Gasteiger partial charge on any atom is 0.0264 e. The second-order valence-corrected chi connectivity index (χ2v) is 12.8. The van der Waals surface area contributed by atoms with E-state index in [2.05, 4.69) is 55.4 Å². The van der Waals surface area contributed by atoms with E-state index < -0.39 is 0 Å². The molecule has 22 heavy (non-hydrogen) atoms. The fraction of sp³-hybridized carbons (Fsp3) is 1.00. The fourth-order valence-electron chi connectivity index (χ4n) is 4.25. The summed E-state index contributed by atoms with van der Waals surface area (Å²) in [4.78, 5) is 1.56. The molecular weight excluding hydrogens is 440 g/mol. The van der Waals surface area contributed by atoms with Crippen molar-refractivity contribution in [1.82, 2.24) is 0 Å². The van der Waals surface area contributed by atoms with Gasteiger partial charge in [-0.2, -0.15) is 23.5 Å². The van der Waals surface area contributed by atoms with E-state index in [0.717, 1.165) is 30.7 Å². The van der Waals surface area contributed by atoms with Crippen LogP contribution in [0.5, 0.6) is 0 Å². The molecular formula is C18H30Br2S2. The zero-order valence-electron chi connectivity index (χ0n) is 13.5. The molecule has 0 aromatic rings. The fourth-order valence-corrected chi connectivity index (χ4v) is 9.80. The Kier molecular flexibility index (Phi) is 7.87. The van der Waals surface area contributed by atoms with Crippen LogP contribution in [0.3, 0.4) is 0 Å². The van der Waals surface area contributed by atoms with E-state index in [4.69, 9.17) is 0 Å². The Balaban J connectivity index is 1.46. The van der Waals surface area contributed by atoms with Gasteiger partial charge in [-0.1, -0.05) is 64.0 Å². The first-order valence-corrected chi connectivity index (χ1v) is 13.0. The third kappa shape index (κ3) is 5.33. The van der Waals surface area contributed by atoms with E-state index in [9.17, 15) is 0 Å². The van der Waals surface area contributed by atoms with Crippen LogP contribution in [0, 0.1) is 0 Å². The summed E-state index contributed by atoms with van der Waals surface area (Å²) in [6.45, 7) is 0. The summed E-state index contributed by atoms with van der Waals surface area (Å²) in [5.74, 6) is 0. The molecule has 3 aliphatic rings. The highest BCUT2D eigenvalue weighted by molar-refractivity contribution is 9.09. The minimum atomic E-state index is 0.782. The third-order valence-electron chi connectivity index (χ3n) is 5.56. The van der Waals surface area contributed by atoms with Crippen molar-refractivity contribution < 1.29 is 0 Å². The van der Waals surface area contributed by atoms with Crippen LogP contribution in [0.25, 0.3) is 0 Å². The smallest absolute Gasteiger partial charge is 0.0264 e. The molecule has 0 N–H and O–H groups in total. The summed E-state index contributed by atoms with van der Waals surface area (Å²) in [6.07, 6.45) is 17.4. The van der Waals surface area contributed by atoms with Gasteiger partial charge >= 0.3 is 0 Å². The number of rotatable bonds is 4. The first-order valence-electron chi connectivity index (χ1n) is 9.31. The molecule has 128 valence electrons. The zero-order valence-corrected chi connectivity index (χ0v) is 18.3. The van der Waals surface area contributed by atoms with Crippen LogP contribution in [-0.2, 0) is 0 Å². The monoisotopic (exact) mass is 468 g/mol. The van der Waals surface area contributed by atoms with E-state index in [1.54, 1.807) is 0 Å². The van der Waals surface area contributed by atoms with Crippen molar-refractivity contribution >= 4 is 55.4 Å². The van der Waals surface area contributed by atoms with Gasteiger partial charge in [0, 0.05) is 30.7 Å². The molecule has 3 rings (SSSR count). The molecule has 0 bridgehead atoms. The van der Waals surface area contributed by atoms with E-state index in [-0.39, 0.29) is 0 Å². The SMILES string of the molecule is BrC1CCCCC1SC1CCCC(SC2CCCCC2Br)C1. The van der Waals surface area contributed by atoms with Crippen molar-refractivity contribution in [2.75, 3.05) is 0 Å². The quantitative estimate of drug-likeness (QED) is 0.400. The van der Waals surface area contributed by atoms with E-state index in [0.29, 0.717) is 0 Å². The minimum Gasteiger partial charge on any atom is -0.154 e.